The minimum absolute atomic E-state index is 0.328. The zero-order valence-electron chi connectivity index (χ0n) is 14.8. The third-order valence-corrected chi connectivity index (χ3v) is 6.15. The SMILES string of the molecule is O=C(O)[C@@]1(Cc2ccccc2)CN(C2Cc3ccccc3C2)CC[C@@H]1O. The number of aliphatic hydroxyl groups excluding tert-OH is 1. The van der Waals surface area contributed by atoms with Crippen LogP contribution in [-0.4, -0.2) is 46.3 Å². The zero-order valence-corrected chi connectivity index (χ0v) is 14.8. The van der Waals surface area contributed by atoms with Gasteiger partial charge in [0, 0.05) is 19.1 Å². The van der Waals surface area contributed by atoms with Crippen molar-refractivity contribution in [2.24, 2.45) is 5.41 Å². The van der Waals surface area contributed by atoms with Crippen LogP contribution in [0, 0.1) is 5.41 Å². The maximum atomic E-state index is 12.3. The fourth-order valence-electron chi connectivity index (χ4n) is 4.64. The molecule has 0 saturated carbocycles. The molecule has 2 aromatic rings. The zero-order chi connectivity index (χ0) is 18.1. The Labute approximate surface area is 154 Å². The van der Waals surface area contributed by atoms with Gasteiger partial charge in [-0.05, 0) is 42.4 Å². The second-order valence-corrected chi connectivity index (χ2v) is 7.73. The van der Waals surface area contributed by atoms with E-state index in [1.807, 2.05) is 30.3 Å². The molecular formula is C22H25NO3. The van der Waals surface area contributed by atoms with Crippen LogP contribution in [-0.2, 0) is 24.1 Å². The summed E-state index contributed by atoms with van der Waals surface area (Å²) >= 11 is 0. The summed E-state index contributed by atoms with van der Waals surface area (Å²) in [6.07, 6.45) is 1.98. The number of carbonyl (C=O) groups is 1. The number of carboxylic acid groups (broad SMARTS) is 1. The summed E-state index contributed by atoms with van der Waals surface area (Å²) in [7, 11) is 0. The van der Waals surface area contributed by atoms with E-state index in [0.717, 1.165) is 24.9 Å². The average Bonchev–Trinajstić information content (AvgIpc) is 3.08. The normalized spacial score (nSPS) is 26.6. The summed E-state index contributed by atoms with van der Waals surface area (Å²) in [5.41, 5.74) is 2.56. The average molecular weight is 351 g/mol. The van der Waals surface area contributed by atoms with Crippen LogP contribution in [0.25, 0.3) is 0 Å². The van der Waals surface area contributed by atoms with E-state index < -0.39 is 17.5 Å². The van der Waals surface area contributed by atoms with Crippen LogP contribution in [0.15, 0.2) is 54.6 Å². The highest BCUT2D eigenvalue weighted by Crippen LogP contribution is 2.37. The Hall–Kier alpha value is -2.17. The van der Waals surface area contributed by atoms with Gasteiger partial charge in [-0.25, -0.2) is 0 Å². The number of nitrogens with zero attached hydrogens (tertiary/aromatic N) is 1. The molecule has 0 spiro atoms. The lowest BCUT2D eigenvalue weighted by Crippen LogP contribution is -2.59. The Morgan fingerprint density at radius 2 is 1.65 bits per heavy atom. The first kappa shape index (κ1) is 17.3. The van der Waals surface area contributed by atoms with E-state index in [1.54, 1.807) is 0 Å². The summed E-state index contributed by atoms with van der Waals surface area (Å²) in [6.45, 7) is 1.15. The Balaban J connectivity index is 1.58. The fraction of sp³-hybridized carbons (Fsp3) is 0.409. The molecule has 0 unspecified atom stereocenters. The monoisotopic (exact) mass is 351 g/mol. The number of hydrogen-bond donors (Lipinski definition) is 2. The summed E-state index contributed by atoms with van der Waals surface area (Å²) in [6, 6.07) is 18.5. The molecule has 1 saturated heterocycles. The van der Waals surface area contributed by atoms with E-state index in [9.17, 15) is 15.0 Å². The molecule has 4 nitrogen and oxygen atoms in total. The van der Waals surface area contributed by atoms with Crippen molar-refractivity contribution < 1.29 is 15.0 Å². The molecule has 4 heteroatoms. The van der Waals surface area contributed by atoms with Crippen molar-refractivity contribution in [3.8, 4) is 0 Å². The van der Waals surface area contributed by atoms with E-state index in [4.69, 9.17) is 0 Å². The van der Waals surface area contributed by atoms with Crippen LogP contribution >= 0.6 is 0 Å². The molecule has 0 amide bonds. The number of aliphatic hydroxyl groups is 1. The van der Waals surface area contributed by atoms with Crippen LogP contribution in [0.2, 0.25) is 0 Å². The van der Waals surface area contributed by atoms with Gasteiger partial charge in [-0.15, -0.1) is 0 Å². The summed E-state index contributed by atoms with van der Waals surface area (Å²) in [4.78, 5) is 14.6. The van der Waals surface area contributed by atoms with Gasteiger partial charge in [0.2, 0.25) is 0 Å². The Bertz CT molecular complexity index is 766. The first-order chi connectivity index (χ1) is 12.6. The molecule has 136 valence electrons. The number of rotatable bonds is 4. The van der Waals surface area contributed by atoms with Gasteiger partial charge >= 0.3 is 5.97 Å². The smallest absolute Gasteiger partial charge is 0.313 e. The first-order valence-electron chi connectivity index (χ1n) is 9.35. The van der Waals surface area contributed by atoms with Gasteiger partial charge in [-0.1, -0.05) is 54.6 Å². The van der Waals surface area contributed by atoms with Crippen LogP contribution in [0.1, 0.15) is 23.1 Å². The van der Waals surface area contributed by atoms with E-state index in [2.05, 4.69) is 29.2 Å². The molecule has 0 aromatic heterocycles. The number of carboxylic acids is 1. The number of hydrogen-bond acceptors (Lipinski definition) is 3. The number of likely N-dealkylation sites (tertiary alicyclic amines) is 1. The van der Waals surface area contributed by atoms with Crippen LogP contribution in [0.5, 0.6) is 0 Å². The van der Waals surface area contributed by atoms with Crippen molar-refractivity contribution in [2.45, 2.75) is 37.8 Å². The molecule has 2 N–H and O–H groups in total. The Kier molecular flexibility index (Phi) is 4.55. The van der Waals surface area contributed by atoms with E-state index in [1.165, 1.54) is 11.1 Å². The lowest BCUT2D eigenvalue weighted by molar-refractivity contribution is -0.164. The van der Waals surface area contributed by atoms with Gasteiger partial charge in [0.25, 0.3) is 0 Å². The molecule has 2 aliphatic rings. The van der Waals surface area contributed by atoms with Crippen molar-refractivity contribution in [3.05, 3.63) is 71.3 Å². The lowest BCUT2D eigenvalue weighted by atomic mass is 9.72. The van der Waals surface area contributed by atoms with Crippen molar-refractivity contribution >= 4 is 5.97 Å². The molecule has 2 aromatic carbocycles. The highest BCUT2D eigenvalue weighted by Gasteiger charge is 2.50. The molecule has 0 radical (unpaired) electrons. The molecule has 2 atom stereocenters. The molecule has 26 heavy (non-hydrogen) atoms. The van der Waals surface area contributed by atoms with Gasteiger partial charge < -0.3 is 10.2 Å². The number of aliphatic carboxylic acids is 1. The third kappa shape index (κ3) is 3.04. The second-order valence-electron chi connectivity index (χ2n) is 7.73. The minimum atomic E-state index is -1.14. The fourth-order valence-corrected chi connectivity index (χ4v) is 4.64. The highest BCUT2D eigenvalue weighted by atomic mass is 16.4. The van der Waals surface area contributed by atoms with E-state index >= 15 is 0 Å². The predicted molar refractivity (Wildman–Crippen MR) is 100 cm³/mol. The summed E-state index contributed by atoms with van der Waals surface area (Å²) in [5.74, 6) is -0.894. The molecule has 1 aliphatic carbocycles. The van der Waals surface area contributed by atoms with Crippen LogP contribution in [0.3, 0.4) is 0 Å². The molecule has 0 bridgehead atoms. The van der Waals surface area contributed by atoms with Crippen LogP contribution < -0.4 is 0 Å². The molecule has 1 heterocycles. The number of piperidine rings is 1. The van der Waals surface area contributed by atoms with Gasteiger partial charge in [0.05, 0.1) is 6.10 Å². The molecule has 4 rings (SSSR count). The molecule has 1 fully saturated rings. The number of benzene rings is 2. The van der Waals surface area contributed by atoms with Gasteiger partial charge in [-0.3, -0.25) is 9.69 Å². The Morgan fingerprint density at radius 3 is 2.27 bits per heavy atom. The topological polar surface area (TPSA) is 60.8 Å². The molecule has 1 aliphatic heterocycles. The van der Waals surface area contributed by atoms with Crippen molar-refractivity contribution in [2.75, 3.05) is 13.1 Å². The molecular weight excluding hydrogens is 326 g/mol. The number of fused-ring (bicyclic) bond motifs is 1. The predicted octanol–water partition coefficient (Wildman–Crippen LogP) is 2.53. The maximum Gasteiger partial charge on any atom is 0.313 e. The highest BCUT2D eigenvalue weighted by molar-refractivity contribution is 5.76. The minimum Gasteiger partial charge on any atom is -0.481 e. The van der Waals surface area contributed by atoms with Gasteiger partial charge in [0.1, 0.15) is 5.41 Å². The quantitative estimate of drug-likeness (QED) is 0.889. The standard InChI is InChI=1S/C22H25NO3/c24-20-10-11-23(19-12-17-8-4-5-9-18(17)13-19)15-22(20,21(25)26)14-16-6-2-1-3-7-16/h1-9,19-20,24H,10-15H2,(H,25,26)/t20-,22-/m0/s1. The largest absolute Gasteiger partial charge is 0.481 e. The summed E-state index contributed by atoms with van der Waals surface area (Å²) < 4.78 is 0. The Morgan fingerprint density at radius 1 is 1.04 bits per heavy atom. The maximum absolute atomic E-state index is 12.3. The van der Waals surface area contributed by atoms with E-state index in [0.29, 0.717) is 25.4 Å². The van der Waals surface area contributed by atoms with Crippen LogP contribution in [0.4, 0.5) is 0 Å². The van der Waals surface area contributed by atoms with Crippen molar-refractivity contribution in [1.82, 2.24) is 4.90 Å². The third-order valence-electron chi connectivity index (χ3n) is 6.15. The van der Waals surface area contributed by atoms with E-state index in [-0.39, 0.29) is 0 Å². The van der Waals surface area contributed by atoms with Crippen molar-refractivity contribution in [1.29, 1.82) is 0 Å². The van der Waals surface area contributed by atoms with Gasteiger partial charge in [0.15, 0.2) is 0 Å². The second kappa shape index (κ2) is 6.86. The van der Waals surface area contributed by atoms with Crippen molar-refractivity contribution in [3.63, 3.8) is 0 Å². The lowest BCUT2D eigenvalue weighted by Gasteiger charge is -2.45. The van der Waals surface area contributed by atoms with Gasteiger partial charge in [-0.2, -0.15) is 0 Å². The first-order valence-corrected chi connectivity index (χ1v) is 9.35. The summed E-state index contributed by atoms with van der Waals surface area (Å²) in [5, 5.41) is 20.7.